The molecule has 0 saturated carbocycles. The van der Waals surface area contributed by atoms with Crippen LogP contribution in [0.3, 0.4) is 0 Å². The fourth-order valence-corrected chi connectivity index (χ4v) is 3.19. The molecule has 154 valence electrons. The van der Waals surface area contributed by atoms with E-state index in [1.165, 1.54) is 5.69 Å². The summed E-state index contributed by atoms with van der Waals surface area (Å²) in [6.45, 7) is 9.48. The molecule has 2 aromatic rings. The zero-order valence-corrected chi connectivity index (χ0v) is 17.4. The number of anilines is 1. The van der Waals surface area contributed by atoms with Crippen LogP contribution in [0.4, 0.5) is 5.69 Å². The molecule has 0 radical (unpaired) electrons. The van der Waals surface area contributed by atoms with Gasteiger partial charge in [0.05, 0.1) is 19.4 Å². The molecule has 0 unspecified atom stereocenters. The number of aryl methyl sites for hydroxylation is 1. The third-order valence-electron chi connectivity index (χ3n) is 4.82. The second-order valence-corrected chi connectivity index (χ2v) is 7.47. The molecule has 0 aromatic heterocycles. The van der Waals surface area contributed by atoms with E-state index in [9.17, 15) is 4.79 Å². The van der Waals surface area contributed by atoms with Crippen molar-refractivity contribution < 1.29 is 14.3 Å². The van der Waals surface area contributed by atoms with E-state index in [2.05, 4.69) is 47.5 Å². The smallest absolute Gasteiger partial charge is 0.277 e. The van der Waals surface area contributed by atoms with Crippen LogP contribution in [0.25, 0.3) is 0 Å². The molecule has 1 aliphatic rings. The number of nitrogens with one attached hydrogen (secondary N) is 1. The normalized spacial score (nSPS) is 14.4. The highest BCUT2D eigenvalue weighted by molar-refractivity contribution is 5.83. The van der Waals surface area contributed by atoms with Gasteiger partial charge < -0.3 is 14.4 Å². The SMILES string of the molecule is Cc1ccc(C(C)C)c(OCC(=O)N/N=C\c2ccc(N3CCOCC3)cc2)c1. The average molecular weight is 396 g/mol. The third kappa shape index (κ3) is 6.06. The van der Waals surface area contributed by atoms with Gasteiger partial charge in [0.1, 0.15) is 5.75 Å². The maximum atomic E-state index is 12.1. The Hall–Kier alpha value is -2.86. The van der Waals surface area contributed by atoms with E-state index in [0.717, 1.165) is 48.7 Å². The monoisotopic (exact) mass is 395 g/mol. The van der Waals surface area contributed by atoms with Gasteiger partial charge in [-0.3, -0.25) is 4.79 Å². The van der Waals surface area contributed by atoms with E-state index >= 15 is 0 Å². The van der Waals surface area contributed by atoms with Gasteiger partial charge in [-0.1, -0.05) is 38.1 Å². The van der Waals surface area contributed by atoms with Crippen LogP contribution in [0.15, 0.2) is 47.6 Å². The first kappa shape index (κ1) is 20.9. The molecule has 1 amide bonds. The molecule has 2 aromatic carbocycles. The van der Waals surface area contributed by atoms with Crippen molar-refractivity contribution in [3.63, 3.8) is 0 Å². The largest absolute Gasteiger partial charge is 0.483 e. The summed E-state index contributed by atoms with van der Waals surface area (Å²) in [5, 5.41) is 4.03. The van der Waals surface area contributed by atoms with Gasteiger partial charge in [-0.2, -0.15) is 5.10 Å². The van der Waals surface area contributed by atoms with Crippen LogP contribution in [-0.4, -0.2) is 45.0 Å². The Labute approximate surface area is 172 Å². The van der Waals surface area contributed by atoms with E-state index in [4.69, 9.17) is 9.47 Å². The van der Waals surface area contributed by atoms with Crippen molar-refractivity contribution in [3.05, 3.63) is 59.2 Å². The van der Waals surface area contributed by atoms with Crippen molar-refractivity contribution in [1.82, 2.24) is 5.43 Å². The van der Waals surface area contributed by atoms with Crippen molar-refractivity contribution >= 4 is 17.8 Å². The van der Waals surface area contributed by atoms with Gasteiger partial charge in [0.15, 0.2) is 6.61 Å². The molecule has 1 saturated heterocycles. The minimum atomic E-state index is -0.289. The van der Waals surface area contributed by atoms with E-state index < -0.39 is 0 Å². The molecule has 0 aliphatic carbocycles. The predicted octanol–water partition coefficient (Wildman–Crippen LogP) is 3.48. The van der Waals surface area contributed by atoms with Gasteiger partial charge >= 0.3 is 0 Å². The number of hydrogen-bond acceptors (Lipinski definition) is 5. The number of carbonyl (C=O) groups is 1. The molecular formula is C23H29N3O3. The minimum Gasteiger partial charge on any atom is -0.483 e. The van der Waals surface area contributed by atoms with Crippen molar-refractivity contribution in [2.45, 2.75) is 26.7 Å². The summed E-state index contributed by atoms with van der Waals surface area (Å²) >= 11 is 0. The van der Waals surface area contributed by atoms with Gasteiger partial charge in [-0.25, -0.2) is 5.43 Å². The number of hydrogen-bond donors (Lipinski definition) is 1. The summed E-state index contributed by atoms with van der Waals surface area (Å²) in [4.78, 5) is 14.4. The zero-order valence-electron chi connectivity index (χ0n) is 17.4. The van der Waals surface area contributed by atoms with Gasteiger partial charge in [-0.15, -0.1) is 0 Å². The molecule has 0 bridgehead atoms. The van der Waals surface area contributed by atoms with Crippen molar-refractivity contribution in [2.24, 2.45) is 5.10 Å². The van der Waals surface area contributed by atoms with Gasteiger partial charge in [0.25, 0.3) is 5.91 Å². The Morgan fingerprint density at radius 3 is 2.62 bits per heavy atom. The van der Waals surface area contributed by atoms with Crippen LogP contribution in [0, 0.1) is 6.92 Å². The Bertz CT molecular complexity index is 841. The summed E-state index contributed by atoms with van der Waals surface area (Å²) in [5.74, 6) is 0.785. The minimum absolute atomic E-state index is 0.0729. The number of morpholine rings is 1. The van der Waals surface area contributed by atoms with E-state index in [0.29, 0.717) is 5.92 Å². The van der Waals surface area contributed by atoms with Gasteiger partial charge in [0.2, 0.25) is 0 Å². The first-order valence-electron chi connectivity index (χ1n) is 10.0. The van der Waals surface area contributed by atoms with Crippen LogP contribution in [0.2, 0.25) is 0 Å². The molecule has 1 N–H and O–H groups in total. The number of hydrazone groups is 1. The van der Waals surface area contributed by atoms with Crippen LogP contribution in [-0.2, 0) is 9.53 Å². The molecule has 1 heterocycles. The lowest BCUT2D eigenvalue weighted by molar-refractivity contribution is -0.123. The van der Waals surface area contributed by atoms with Crippen LogP contribution in [0.5, 0.6) is 5.75 Å². The molecule has 6 nitrogen and oxygen atoms in total. The summed E-state index contributed by atoms with van der Waals surface area (Å²) in [7, 11) is 0. The van der Waals surface area contributed by atoms with Crippen molar-refractivity contribution in [2.75, 3.05) is 37.8 Å². The molecule has 29 heavy (non-hydrogen) atoms. The topological polar surface area (TPSA) is 63.2 Å². The Kier molecular flexibility index (Phi) is 7.25. The Balaban J connectivity index is 1.49. The lowest BCUT2D eigenvalue weighted by Crippen LogP contribution is -2.36. The molecule has 6 heteroatoms. The second kappa shape index (κ2) is 10.1. The number of ether oxygens (including phenoxy) is 2. The Morgan fingerprint density at radius 2 is 1.93 bits per heavy atom. The Morgan fingerprint density at radius 1 is 1.21 bits per heavy atom. The van der Waals surface area contributed by atoms with E-state index in [-0.39, 0.29) is 12.5 Å². The maximum Gasteiger partial charge on any atom is 0.277 e. The zero-order chi connectivity index (χ0) is 20.6. The summed E-state index contributed by atoms with van der Waals surface area (Å²) < 4.78 is 11.1. The number of nitrogens with zero attached hydrogens (tertiary/aromatic N) is 2. The average Bonchev–Trinajstić information content (AvgIpc) is 2.73. The van der Waals surface area contributed by atoms with Crippen molar-refractivity contribution in [1.29, 1.82) is 0 Å². The van der Waals surface area contributed by atoms with Gasteiger partial charge in [-0.05, 0) is 47.7 Å². The van der Waals surface area contributed by atoms with Crippen LogP contribution < -0.4 is 15.1 Å². The lowest BCUT2D eigenvalue weighted by atomic mass is 10.0. The standard InChI is InChI=1S/C23H29N3O3/c1-17(2)21-9-4-18(3)14-22(21)29-16-23(27)25-24-15-19-5-7-20(8-6-19)26-10-12-28-13-11-26/h4-9,14-15,17H,10-13,16H2,1-3H3,(H,25,27)/b24-15-. The number of carbonyl (C=O) groups excluding carboxylic acids is 1. The first-order valence-corrected chi connectivity index (χ1v) is 10.0. The fourth-order valence-electron chi connectivity index (χ4n) is 3.19. The van der Waals surface area contributed by atoms with Crippen molar-refractivity contribution in [3.8, 4) is 5.75 Å². The summed E-state index contributed by atoms with van der Waals surface area (Å²) in [6.07, 6.45) is 1.63. The molecule has 0 atom stereocenters. The molecule has 3 rings (SSSR count). The molecular weight excluding hydrogens is 366 g/mol. The van der Waals surface area contributed by atoms with Gasteiger partial charge in [0, 0.05) is 18.8 Å². The van der Waals surface area contributed by atoms with E-state index in [1.807, 2.05) is 31.2 Å². The van der Waals surface area contributed by atoms with Crippen LogP contribution >= 0.6 is 0 Å². The van der Waals surface area contributed by atoms with Crippen LogP contribution in [0.1, 0.15) is 36.5 Å². The first-order chi connectivity index (χ1) is 14.0. The highest BCUT2D eigenvalue weighted by Gasteiger charge is 2.11. The highest BCUT2D eigenvalue weighted by Crippen LogP contribution is 2.27. The molecule has 1 aliphatic heterocycles. The summed E-state index contributed by atoms with van der Waals surface area (Å²) in [5.41, 5.74) is 6.80. The number of benzene rings is 2. The number of rotatable bonds is 7. The van der Waals surface area contributed by atoms with E-state index in [1.54, 1.807) is 6.21 Å². The second-order valence-electron chi connectivity index (χ2n) is 7.47. The third-order valence-corrected chi connectivity index (χ3v) is 4.82. The molecule has 1 fully saturated rings. The summed E-state index contributed by atoms with van der Waals surface area (Å²) in [6, 6.07) is 14.1. The molecule has 0 spiro atoms. The highest BCUT2D eigenvalue weighted by atomic mass is 16.5. The maximum absolute atomic E-state index is 12.1. The predicted molar refractivity (Wildman–Crippen MR) is 116 cm³/mol. The fraction of sp³-hybridized carbons (Fsp3) is 0.391. The number of amides is 1. The quantitative estimate of drug-likeness (QED) is 0.576. The lowest BCUT2D eigenvalue weighted by Gasteiger charge is -2.28.